The SMILES string of the molecule is COc1ccc2c(c1OC)C(=O)O[C@H]2c1cc(N(O)O)ccc1[O-]. The van der Waals surface area contributed by atoms with Crippen LogP contribution in [0.3, 0.4) is 0 Å². The third-order valence-electron chi connectivity index (χ3n) is 3.80. The van der Waals surface area contributed by atoms with E-state index in [1.54, 1.807) is 12.1 Å². The minimum Gasteiger partial charge on any atom is -0.872 e. The third-order valence-corrected chi connectivity index (χ3v) is 3.80. The number of rotatable bonds is 4. The Morgan fingerprint density at radius 3 is 2.50 bits per heavy atom. The summed E-state index contributed by atoms with van der Waals surface area (Å²) in [6.45, 7) is 0. The highest BCUT2D eigenvalue weighted by Gasteiger charge is 2.37. The van der Waals surface area contributed by atoms with E-state index in [4.69, 9.17) is 24.6 Å². The van der Waals surface area contributed by atoms with E-state index >= 15 is 0 Å². The molecule has 1 aliphatic heterocycles. The molecular weight excluding hydrogens is 318 g/mol. The molecule has 126 valence electrons. The Morgan fingerprint density at radius 2 is 1.88 bits per heavy atom. The van der Waals surface area contributed by atoms with E-state index in [-0.39, 0.29) is 27.8 Å². The van der Waals surface area contributed by atoms with E-state index in [0.29, 0.717) is 11.3 Å². The van der Waals surface area contributed by atoms with Gasteiger partial charge in [-0.15, -0.1) is 11.0 Å². The number of anilines is 1. The zero-order valence-corrected chi connectivity index (χ0v) is 12.8. The second kappa shape index (κ2) is 5.91. The Bertz CT molecular complexity index is 803. The maximum atomic E-state index is 12.3. The molecule has 0 spiro atoms. The molecule has 1 atom stereocenters. The second-order valence-electron chi connectivity index (χ2n) is 5.06. The van der Waals surface area contributed by atoms with Crippen molar-refractivity contribution in [3.05, 3.63) is 47.0 Å². The van der Waals surface area contributed by atoms with Gasteiger partial charge < -0.3 is 19.3 Å². The number of methoxy groups -OCH3 is 2. The van der Waals surface area contributed by atoms with Crippen LogP contribution in [0.2, 0.25) is 0 Å². The first kappa shape index (κ1) is 15.9. The van der Waals surface area contributed by atoms with Gasteiger partial charge in [-0.25, -0.2) is 4.79 Å². The summed E-state index contributed by atoms with van der Waals surface area (Å²) in [5.74, 6) is -0.472. The number of fused-ring (bicyclic) bond motifs is 1. The molecule has 2 N–H and O–H groups in total. The number of nitrogens with zero attached hydrogens (tertiary/aromatic N) is 1. The van der Waals surface area contributed by atoms with Crippen LogP contribution in [0.15, 0.2) is 30.3 Å². The molecule has 0 fully saturated rings. The van der Waals surface area contributed by atoms with Crippen LogP contribution >= 0.6 is 0 Å². The van der Waals surface area contributed by atoms with E-state index < -0.39 is 17.8 Å². The number of cyclic esters (lactones) is 1. The lowest BCUT2D eigenvalue weighted by Gasteiger charge is -2.21. The van der Waals surface area contributed by atoms with Gasteiger partial charge >= 0.3 is 5.97 Å². The van der Waals surface area contributed by atoms with Gasteiger partial charge in [0.2, 0.25) is 0 Å². The average Bonchev–Trinajstić information content (AvgIpc) is 2.91. The third kappa shape index (κ3) is 2.38. The molecule has 2 aromatic rings. The number of hydrogen-bond donors (Lipinski definition) is 2. The summed E-state index contributed by atoms with van der Waals surface area (Å²) >= 11 is 0. The van der Waals surface area contributed by atoms with Crippen LogP contribution in [0.5, 0.6) is 17.2 Å². The molecule has 2 aromatic carbocycles. The van der Waals surface area contributed by atoms with Crippen LogP contribution in [-0.4, -0.2) is 30.6 Å². The molecule has 8 heteroatoms. The van der Waals surface area contributed by atoms with Gasteiger partial charge in [-0.05, 0) is 23.8 Å². The number of ether oxygens (including phenoxy) is 3. The fraction of sp³-hybridized carbons (Fsp3) is 0.188. The van der Waals surface area contributed by atoms with Gasteiger partial charge in [0.15, 0.2) is 17.6 Å². The van der Waals surface area contributed by atoms with Crippen LogP contribution < -0.4 is 19.8 Å². The summed E-state index contributed by atoms with van der Waals surface area (Å²) in [5, 5.41) is 30.3. The van der Waals surface area contributed by atoms with Crippen molar-refractivity contribution in [1.29, 1.82) is 0 Å². The molecule has 1 heterocycles. The van der Waals surface area contributed by atoms with Gasteiger partial charge in [0.05, 0.1) is 19.9 Å². The van der Waals surface area contributed by atoms with Crippen LogP contribution in [-0.2, 0) is 4.74 Å². The van der Waals surface area contributed by atoms with Gasteiger partial charge in [-0.2, -0.15) is 0 Å². The molecule has 0 radical (unpaired) electrons. The molecule has 3 rings (SSSR count). The van der Waals surface area contributed by atoms with E-state index in [9.17, 15) is 9.90 Å². The van der Waals surface area contributed by atoms with Gasteiger partial charge in [0.1, 0.15) is 5.56 Å². The molecule has 0 amide bonds. The highest BCUT2D eigenvalue weighted by Crippen LogP contribution is 2.46. The van der Waals surface area contributed by atoms with Crippen LogP contribution in [0.1, 0.15) is 27.6 Å². The number of carbonyl (C=O) groups excluding carboxylic acids is 1. The topological polar surface area (TPSA) is 112 Å². The molecule has 1 aliphatic rings. The van der Waals surface area contributed by atoms with Crippen molar-refractivity contribution in [3.8, 4) is 17.2 Å². The molecule has 0 aliphatic carbocycles. The predicted molar refractivity (Wildman–Crippen MR) is 78.7 cm³/mol. The smallest absolute Gasteiger partial charge is 0.343 e. The van der Waals surface area contributed by atoms with Crippen molar-refractivity contribution in [2.24, 2.45) is 0 Å². The van der Waals surface area contributed by atoms with Crippen molar-refractivity contribution < 1.29 is 34.5 Å². The Hall–Kier alpha value is -2.97. The van der Waals surface area contributed by atoms with Gasteiger partial charge in [-0.1, -0.05) is 12.1 Å². The highest BCUT2D eigenvalue weighted by atomic mass is 16.8. The Kier molecular flexibility index (Phi) is 3.92. The van der Waals surface area contributed by atoms with Gasteiger partial charge in [0.25, 0.3) is 0 Å². The molecular formula is C16H14NO7-. The fourth-order valence-corrected chi connectivity index (χ4v) is 2.70. The quantitative estimate of drug-likeness (QED) is 0.642. The van der Waals surface area contributed by atoms with Gasteiger partial charge in [-0.3, -0.25) is 10.4 Å². The van der Waals surface area contributed by atoms with E-state index in [0.717, 1.165) is 6.07 Å². The standard InChI is InChI=1S/C16H15NO7/c1-22-12-6-4-9-13(15(12)23-2)16(19)24-14(9)10-7-8(17(20)21)3-5-11(10)18/h3-7,14,18,20-21H,1-2H3/p-1/t14-/m1/s1. The fourth-order valence-electron chi connectivity index (χ4n) is 2.70. The summed E-state index contributed by atoms with van der Waals surface area (Å²) in [5.41, 5.74) is 0.681. The summed E-state index contributed by atoms with van der Waals surface area (Å²) in [7, 11) is 2.84. The Labute approximate surface area is 136 Å². The van der Waals surface area contributed by atoms with Crippen molar-refractivity contribution >= 4 is 11.7 Å². The summed E-state index contributed by atoms with van der Waals surface area (Å²) in [4.78, 5) is 12.3. The normalized spacial score (nSPS) is 15.7. The maximum absolute atomic E-state index is 12.3. The van der Waals surface area contributed by atoms with E-state index in [1.165, 1.54) is 26.4 Å². The highest BCUT2D eigenvalue weighted by molar-refractivity contribution is 5.98. The lowest BCUT2D eigenvalue weighted by Crippen LogP contribution is -2.13. The summed E-state index contributed by atoms with van der Waals surface area (Å²) in [6, 6.07) is 6.85. The average molecular weight is 332 g/mol. The minimum atomic E-state index is -0.972. The first-order valence-electron chi connectivity index (χ1n) is 6.92. The van der Waals surface area contributed by atoms with Crippen molar-refractivity contribution in [1.82, 2.24) is 0 Å². The number of carbonyl (C=O) groups is 1. The Morgan fingerprint density at radius 1 is 1.12 bits per heavy atom. The molecule has 24 heavy (non-hydrogen) atoms. The minimum absolute atomic E-state index is 0.0328. The van der Waals surface area contributed by atoms with E-state index in [1.807, 2.05) is 0 Å². The van der Waals surface area contributed by atoms with Crippen molar-refractivity contribution in [2.75, 3.05) is 19.4 Å². The Balaban J connectivity index is 2.16. The van der Waals surface area contributed by atoms with Crippen molar-refractivity contribution in [2.45, 2.75) is 6.10 Å². The lowest BCUT2D eigenvalue weighted by atomic mass is 9.97. The zero-order valence-electron chi connectivity index (χ0n) is 12.8. The number of benzene rings is 2. The largest absolute Gasteiger partial charge is 0.872 e. The monoisotopic (exact) mass is 332 g/mol. The predicted octanol–water partition coefficient (Wildman–Crippen LogP) is 1.62. The second-order valence-corrected chi connectivity index (χ2v) is 5.06. The zero-order chi connectivity index (χ0) is 17.4. The van der Waals surface area contributed by atoms with Crippen LogP contribution in [0.25, 0.3) is 0 Å². The first-order valence-corrected chi connectivity index (χ1v) is 6.92. The summed E-state index contributed by atoms with van der Waals surface area (Å²) in [6.07, 6.45) is -0.972. The van der Waals surface area contributed by atoms with Crippen molar-refractivity contribution in [3.63, 3.8) is 0 Å². The summed E-state index contributed by atoms with van der Waals surface area (Å²) < 4.78 is 15.7. The van der Waals surface area contributed by atoms with Gasteiger partial charge in [0, 0.05) is 5.56 Å². The maximum Gasteiger partial charge on any atom is 0.343 e. The van der Waals surface area contributed by atoms with Crippen LogP contribution in [0, 0.1) is 0 Å². The molecule has 0 saturated heterocycles. The molecule has 0 unspecified atom stereocenters. The molecule has 0 bridgehead atoms. The number of hydrogen-bond acceptors (Lipinski definition) is 8. The molecule has 0 saturated carbocycles. The number of esters is 1. The lowest BCUT2D eigenvalue weighted by molar-refractivity contribution is -0.270. The molecule has 8 nitrogen and oxygen atoms in total. The molecule has 0 aromatic heterocycles. The first-order chi connectivity index (χ1) is 11.5. The van der Waals surface area contributed by atoms with Crippen LogP contribution in [0.4, 0.5) is 5.69 Å². The van der Waals surface area contributed by atoms with E-state index in [2.05, 4.69) is 0 Å².